The van der Waals surface area contributed by atoms with Crippen molar-refractivity contribution in [2.75, 3.05) is 23.8 Å². The maximum atomic E-state index is 12.6. The van der Waals surface area contributed by atoms with Gasteiger partial charge in [-0.25, -0.2) is 8.42 Å². The van der Waals surface area contributed by atoms with Crippen LogP contribution in [0.2, 0.25) is 0 Å². The number of benzene rings is 3. The molecule has 32 heavy (non-hydrogen) atoms. The molecule has 0 aliphatic carbocycles. The number of hydrogen-bond acceptors (Lipinski definition) is 5. The molecule has 1 amide bonds. The minimum absolute atomic E-state index is 0.0716. The zero-order valence-corrected chi connectivity index (χ0v) is 19.0. The number of nitrogens with one attached hydrogen (secondary N) is 2. The van der Waals surface area contributed by atoms with Crippen molar-refractivity contribution in [1.82, 2.24) is 0 Å². The molecule has 8 heteroatoms. The predicted molar refractivity (Wildman–Crippen MR) is 125 cm³/mol. The summed E-state index contributed by atoms with van der Waals surface area (Å²) in [7, 11) is -2.27. The Morgan fingerprint density at radius 1 is 0.906 bits per heavy atom. The van der Waals surface area contributed by atoms with Gasteiger partial charge in [0.05, 0.1) is 17.7 Å². The highest BCUT2D eigenvalue weighted by atomic mass is 32.2. The SMILES string of the molecule is COc1cccc(NS(=O)(=O)c2ccc(OCC(=O)Nc3ccc(C(C)C)cc3)cc2)c1. The van der Waals surface area contributed by atoms with Gasteiger partial charge in [-0.3, -0.25) is 9.52 Å². The van der Waals surface area contributed by atoms with Gasteiger partial charge in [-0.1, -0.05) is 32.0 Å². The van der Waals surface area contributed by atoms with E-state index in [0.29, 0.717) is 28.8 Å². The van der Waals surface area contributed by atoms with E-state index in [1.165, 1.54) is 36.9 Å². The van der Waals surface area contributed by atoms with Gasteiger partial charge in [-0.2, -0.15) is 0 Å². The monoisotopic (exact) mass is 454 g/mol. The summed E-state index contributed by atoms with van der Waals surface area (Å²) in [5.41, 5.74) is 2.27. The van der Waals surface area contributed by atoms with Crippen molar-refractivity contribution >= 4 is 27.3 Å². The number of methoxy groups -OCH3 is 1. The van der Waals surface area contributed by atoms with Crippen LogP contribution in [0.3, 0.4) is 0 Å². The third-order valence-electron chi connectivity index (χ3n) is 4.69. The van der Waals surface area contributed by atoms with Crippen LogP contribution >= 0.6 is 0 Å². The maximum absolute atomic E-state index is 12.6. The number of anilines is 2. The lowest BCUT2D eigenvalue weighted by molar-refractivity contribution is -0.118. The van der Waals surface area contributed by atoms with E-state index in [1.807, 2.05) is 24.3 Å². The normalized spacial score (nSPS) is 11.1. The van der Waals surface area contributed by atoms with Gasteiger partial charge in [0, 0.05) is 11.8 Å². The number of amides is 1. The van der Waals surface area contributed by atoms with Crippen LogP contribution in [-0.4, -0.2) is 28.0 Å². The molecule has 0 aliphatic heterocycles. The Hall–Kier alpha value is -3.52. The van der Waals surface area contributed by atoms with E-state index < -0.39 is 10.0 Å². The first kappa shape index (κ1) is 23.1. The molecule has 0 unspecified atom stereocenters. The van der Waals surface area contributed by atoms with Gasteiger partial charge in [0.25, 0.3) is 15.9 Å². The fraction of sp³-hybridized carbons (Fsp3) is 0.208. The van der Waals surface area contributed by atoms with Crippen molar-refractivity contribution in [3.8, 4) is 11.5 Å². The molecule has 2 N–H and O–H groups in total. The fourth-order valence-electron chi connectivity index (χ4n) is 2.91. The zero-order valence-electron chi connectivity index (χ0n) is 18.2. The molecular formula is C24H26N2O5S. The molecule has 3 aromatic carbocycles. The molecule has 0 aliphatic rings. The van der Waals surface area contributed by atoms with E-state index in [1.54, 1.807) is 24.3 Å². The summed E-state index contributed by atoms with van der Waals surface area (Å²) in [6, 6.07) is 20.1. The second-order valence-corrected chi connectivity index (χ2v) is 9.10. The predicted octanol–water partition coefficient (Wildman–Crippen LogP) is 4.64. The Balaban J connectivity index is 1.56. The summed E-state index contributed by atoms with van der Waals surface area (Å²) >= 11 is 0. The van der Waals surface area contributed by atoms with Crippen LogP contribution in [0, 0.1) is 0 Å². The van der Waals surface area contributed by atoms with Gasteiger partial charge in [0.15, 0.2) is 6.61 Å². The Morgan fingerprint density at radius 3 is 2.22 bits per heavy atom. The summed E-state index contributed by atoms with van der Waals surface area (Å²) in [5.74, 6) is 1.04. The molecular weight excluding hydrogens is 428 g/mol. The molecule has 0 bridgehead atoms. The number of sulfonamides is 1. The average molecular weight is 455 g/mol. The number of carbonyl (C=O) groups is 1. The lowest BCUT2D eigenvalue weighted by Crippen LogP contribution is -2.20. The third kappa shape index (κ3) is 6.24. The molecule has 0 heterocycles. The third-order valence-corrected chi connectivity index (χ3v) is 6.08. The van der Waals surface area contributed by atoms with Crippen molar-refractivity contribution in [2.24, 2.45) is 0 Å². The van der Waals surface area contributed by atoms with Gasteiger partial charge >= 0.3 is 0 Å². The Labute approximate surface area is 188 Å². The summed E-state index contributed by atoms with van der Waals surface area (Å²) < 4.78 is 38.3. The van der Waals surface area contributed by atoms with Gasteiger partial charge in [0.1, 0.15) is 11.5 Å². The summed E-state index contributed by atoms with van der Waals surface area (Å²) in [6.45, 7) is 4.01. The highest BCUT2D eigenvalue weighted by Crippen LogP contribution is 2.22. The van der Waals surface area contributed by atoms with Crippen LogP contribution in [0.1, 0.15) is 25.3 Å². The van der Waals surface area contributed by atoms with Crippen molar-refractivity contribution < 1.29 is 22.7 Å². The fourth-order valence-corrected chi connectivity index (χ4v) is 3.96. The van der Waals surface area contributed by atoms with Crippen LogP contribution in [-0.2, 0) is 14.8 Å². The van der Waals surface area contributed by atoms with E-state index in [2.05, 4.69) is 23.9 Å². The molecule has 7 nitrogen and oxygen atoms in total. The molecule has 0 atom stereocenters. The smallest absolute Gasteiger partial charge is 0.262 e. The molecule has 0 radical (unpaired) electrons. The van der Waals surface area contributed by atoms with Crippen LogP contribution in [0.25, 0.3) is 0 Å². The molecule has 0 fully saturated rings. The first-order valence-electron chi connectivity index (χ1n) is 10.1. The van der Waals surface area contributed by atoms with Crippen molar-refractivity contribution in [3.05, 3.63) is 78.4 Å². The molecule has 0 saturated carbocycles. The zero-order chi connectivity index (χ0) is 23.1. The number of hydrogen-bond donors (Lipinski definition) is 2. The molecule has 3 aromatic rings. The van der Waals surface area contributed by atoms with E-state index >= 15 is 0 Å². The Kier molecular flexibility index (Phi) is 7.37. The molecule has 168 valence electrons. The number of rotatable bonds is 9. The lowest BCUT2D eigenvalue weighted by atomic mass is 10.0. The minimum atomic E-state index is -3.78. The van der Waals surface area contributed by atoms with Gasteiger partial charge in [-0.15, -0.1) is 0 Å². The highest BCUT2D eigenvalue weighted by Gasteiger charge is 2.15. The average Bonchev–Trinajstić information content (AvgIpc) is 2.78. The first-order valence-corrected chi connectivity index (χ1v) is 11.5. The standard InChI is InChI=1S/C24H26N2O5S/c1-17(2)18-7-9-19(10-8-18)25-24(27)16-31-21-11-13-23(14-12-21)32(28,29)26-20-5-4-6-22(15-20)30-3/h4-15,17,26H,16H2,1-3H3,(H,25,27). The Morgan fingerprint density at radius 2 is 1.59 bits per heavy atom. The summed E-state index contributed by atoms with van der Waals surface area (Å²) in [4.78, 5) is 12.2. The second kappa shape index (κ2) is 10.2. The van der Waals surface area contributed by atoms with Crippen LogP contribution in [0.4, 0.5) is 11.4 Å². The van der Waals surface area contributed by atoms with E-state index in [9.17, 15) is 13.2 Å². The maximum Gasteiger partial charge on any atom is 0.262 e. The van der Waals surface area contributed by atoms with Crippen molar-refractivity contribution in [2.45, 2.75) is 24.7 Å². The first-order chi connectivity index (χ1) is 15.3. The van der Waals surface area contributed by atoms with Crippen molar-refractivity contribution in [3.63, 3.8) is 0 Å². The highest BCUT2D eigenvalue weighted by molar-refractivity contribution is 7.92. The summed E-state index contributed by atoms with van der Waals surface area (Å²) in [5, 5.41) is 2.77. The number of ether oxygens (including phenoxy) is 2. The van der Waals surface area contributed by atoms with E-state index in [4.69, 9.17) is 9.47 Å². The largest absolute Gasteiger partial charge is 0.497 e. The Bertz CT molecular complexity index is 1160. The minimum Gasteiger partial charge on any atom is -0.497 e. The van der Waals surface area contributed by atoms with E-state index in [-0.39, 0.29) is 17.4 Å². The topological polar surface area (TPSA) is 93.7 Å². The second-order valence-electron chi connectivity index (χ2n) is 7.42. The quantitative estimate of drug-likeness (QED) is 0.491. The van der Waals surface area contributed by atoms with E-state index in [0.717, 1.165) is 0 Å². The number of carbonyl (C=O) groups excluding carboxylic acids is 1. The molecule has 0 spiro atoms. The van der Waals surface area contributed by atoms with Crippen LogP contribution < -0.4 is 19.5 Å². The van der Waals surface area contributed by atoms with Crippen LogP contribution in [0.5, 0.6) is 11.5 Å². The van der Waals surface area contributed by atoms with Gasteiger partial charge < -0.3 is 14.8 Å². The van der Waals surface area contributed by atoms with Gasteiger partial charge in [-0.05, 0) is 60.0 Å². The summed E-state index contributed by atoms with van der Waals surface area (Å²) in [6.07, 6.45) is 0. The molecule has 0 saturated heterocycles. The lowest BCUT2D eigenvalue weighted by Gasteiger charge is -2.11. The van der Waals surface area contributed by atoms with Gasteiger partial charge in [0.2, 0.25) is 0 Å². The van der Waals surface area contributed by atoms with Crippen molar-refractivity contribution in [1.29, 1.82) is 0 Å². The van der Waals surface area contributed by atoms with Crippen LogP contribution in [0.15, 0.2) is 77.7 Å². The molecule has 3 rings (SSSR count). The molecule has 0 aromatic heterocycles.